The maximum atomic E-state index is 12.5. The van der Waals surface area contributed by atoms with E-state index in [1.807, 2.05) is 0 Å². The molecule has 1 heterocycles. The minimum Gasteiger partial charge on any atom is -0.314 e. The first-order valence-corrected chi connectivity index (χ1v) is 6.95. The Morgan fingerprint density at radius 2 is 1.89 bits per heavy atom. The van der Waals surface area contributed by atoms with Gasteiger partial charge in [-0.2, -0.15) is 13.2 Å². The Bertz CT molecular complexity index is 310. The lowest BCUT2D eigenvalue weighted by Gasteiger charge is -2.35. The van der Waals surface area contributed by atoms with Gasteiger partial charge in [0, 0.05) is 30.7 Å². The van der Waals surface area contributed by atoms with E-state index in [-0.39, 0.29) is 18.0 Å². The van der Waals surface area contributed by atoms with E-state index < -0.39 is 6.18 Å². The van der Waals surface area contributed by atoms with Gasteiger partial charge in [0.05, 0.1) is 0 Å². The third kappa shape index (κ3) is 5.15. The van der Waals surface area contributed by atoms with Gasteiger partial charge in [-0.25, -0.2) is 0 Å². The van der Waals surface area contributed by atoms with Gasteiger partial charge < -0.3 is 5.32 Å². The maximum Gasteiger partial charge on any atom is 0.412 e. The van der Waals surface area contributed by atoms with Gasteiger partial charge in [0.25, 0.3) is 0 Å². The van der Waals surface area contributed by atoms with Crippen LogP contribution in [-0.2, 0) is 0 Å². The molecule has 0 bridgehead atoms. The summed E-state index contributed by atoms with van der Waals surface area (Å²) < 4.78 is 37.6. The zero-order valence-electron chi connectivity index (χ0n) is 12.2. The predicted octanol–water partition coefficient (Wildman–Crippen LogP) is 3.20. The Balaban J connectivity index is 2.48. The largest absolute Gasteiger partial charge is 0.412 e. The smallest absolute Gasteiger partial charge is 0.314 e. The van der Waals surface area contributed by atoms with Crippen LogP contribution in [0, 0.1) is 5.92 Å². The summed E-state index contributed by atoms with van der Waals surface area (Å²) in [5.41, 5.74) is -0.371. The van der Waals surface area contributed by atoms with Gasteiger partial charge in [0.1, 0.15) is 0 Å². The fraction of sp³-hybridized carbons (Fsp3) is 0.857. The second-order valence-electron chi connectivity index (χ2n) is 5.75. The average Bonchev–Trinajstić information content (AvgIpc) is 2.34. The summed E-state index contributed by atoms with van der Waals surface area (Å²) in [5, 5.41) is 3.38. The molecule has 2 atom stereocenters. The molecular formula is C14H25F3N2. The number of nitrogens with one attached hydrogen (secondary N) is 1. The molecule has 0 saturated heterocycles. The average molecular weight is 278 g/mol. The molecule has 1 aliphatic heterocycles. The lowest BCUT2D eigenvalue weighted by Crippen LogP contribution is -2.44. The Morgan fingerprint density at radius 3 is 2.32 bits per heavy atom. The molecule has 2 nitrogen and oxygen atoms in total. The molecular weight excluding hydrogens is 253 g/mol. The number of halogens is 3. The van der Waals surface area contributed by atoms with Gasteiger partial charge >= 0.3 is 6.18 Å². The van der Waals surface area contributed by atoms with E-state index >= 15 is 0 Å². The Morgan fingerprint density at radius 1 is 1.26 bits per heavy atom. The van der Waals surface area contributed by atoms with Crippen molar-refractivity contribution in [2.45, 2.75) is 52.4 Å². The fourth-order valence-corrected chi connectivity index (χ4v) is 2.26. The summed E-state index contributed by atoms with van der Waals surface area (Å²) in [6.07, 6.45) is -2.71. The van der Waals surface area contributed by atoms with Gasteiger partial charge in [-0.15, -0.1) is 0 Å². The van der Waals surface area contributed by atoms with Gasteiger partial charge in [0.2, 0.25) is 0 Å². The monoisotopic (exact) mass is 278 g/mol. The van der Waals surface area contributed by atoms with Crippen molar-refractivity contribution in [2.24, 2.45) is 5.92 Å². The first-order chi connectivity index (χ1) is 8.71. The first kappa shape index (κ1) is 16.5. The van der Waals surface area contributed by atoms with Gasteiger partial charge in [-0.1, -0.05) is 26.8 Å². The zero-order chi connectivity index (χ0) is 14.6. The molecule has 0 aromatic heterocycles. The van der Waals surface area contributed by atoms with Crippen molar-refractivity contribution in [3.05, 3.63) is 11.6 Å². The molecule has 1 rings (SSSR count). The van der Waals surface area contributed by atoms with E-state index in [4.69, 9.17) is 0 Å². The number of alkyl halides is 3. The molecule has 0 aromatic carbocycles. The summed E-state index contributed by atoms with van der Waals surface area (Å²) in [7, 11) is 0. The highest BCUT2D eigenvalue weighted by atomic mass is 19.4. The highest BCUT2D eigenvalue weighted by molar-refractivity contribution is 5.13. The third-order valence-corrected chi connectivity index (χ3v) is 3.85. The van der Waals surface area contributed by atoms with Crippen LogP contribution in [0.4, 0.5) is 13.2 Å². The van der Waals surface area contributed by atoms with Crippen LogP contribution >= 0.6 is 0 Å². The van der Waals surface area contributed by atoms with E-state index in [1.54, 1.807) is 0 Å². The number of nitrogens with zero attached hydrogens (tertiary/aromatic N) is 1. The SMILES string of the molecule is CC(C)NCC(C)C(C)N1CC=C(C(F)(F)F)CC1. The Kier molecular flexibility index (Phi) is 5.86. The van der Waals surface area contributed by atoms with E-state index in [0.29, 0.717) is 25.0 Å². The molecule has 0 radical (unpaired) electrons. The van der Waals surface area contributed by atoms with Crippen LogP contribution in [-0.4, -0.2) is 42.8 Å². The van der Waals surface area contributed by atoms with Gasteiger partial charge in [0.15, 0.2) is 0 Å². The number of hydrogen-bond donors (Lipinski definition) is 1. The van der Waals surface area contributed by atoms with Crippen LogP contribution in [0.5, 0.6) is 0 Å². The summed E-state index contributed by atoms with van der Waals surface area (Å²) in [5.74, 6) is 0.420. The molecule has 1 N–H and O–H groups in total. The summed E-state index contributed by atoms with van der Waals surface area (Å²) >= 11 is 0. The predicted molar refractivity (Wildman–Crippen MR) is 72.1 cm³/mol. The highest BCUT2D eigenvalue weighted by Crippen LogP contribution is 2.31. The van der Waals surface area contributed by atoms with E-state index in [2.05, 4.69) is 37.9 Å². The van der Waals surface area contributed by atoms with Gasteiger partial charge in [-0.05, 0) is 25.8 Å². The van der Waals surface area contributed by atoms with Crippen LogP contribution < -0.4 is 5.32 Å². The molecule has 0 aliphatic carbocycles. The topological polar surface area (TPSA) is 15.3 Å². The minimum absolute atomic E-state index is 0.109. The molecule has 19 heavy (non-hydrogen) atoms. The first-order valence-electron chi connectivity index (χ1n) is 6.95. The van der Waals surface area contributed by atoms with Crippen LogP contribution in [0.2, 0.25) is 0 Å². The van der Waals surface area contributed by atoms with E-state index in [0.717, 1.165) is 6.54 Å². The van der Waals surface area contributed by atoms with E-state index in [1.165, 1.54) is 6.08 Å². The lowest BCUT2D eigenvalue weighted by molar-refractivity contribution is -0.0965. The molecule has 5 heteroatoms. The number of hydrogen-bond acceptors (Lipinski definition) is 2. The van der Waals surface area contributed by atoms with E-state index in [9.17, 15) is 13.2 Å². The molecule has 1 aliphatic rings. The van der Waals surface area contributed by atoms with Crippen molar-refractivity contribution in [3.8, 4) is 0 Å². The van der Waals surface area contributed by atoms with Gasteiger partial charge in [-0.3, -0.25) is 4.90 Å². The van der Waals surface area contributed by atoms with Crippen molar-refractivity contribution in [1.29, 1.82) is 0 Å². The molecule has 112 valence electrons. The van der Waals surface area contributed by atoms with Crippen molar-refractivity contribution in [1.82, 2.24) is 10.2 Å². The van der Waals surface area contributed by atoms with Crippen LogP contribution in [0.15, 0.2) is 11.6 Å². The van der Waals surface area contributed by atoms with Crippen molar-refractivity contribution >= 4 is 0 Å². The Labute approximate surface area is 114 Å². The highest BCUT2D eigenvalue weighted by Gasteiger charge is 2.35. The Hall–Kier alpha value is -0.550. The standard InChI is InChI=1S/C14H25F3N2/c1-10(2)18-9-11(3)12(4)19-7-5-13(6-8-19)14(15,16)17/h5,10-12,18H,6-9H2,1-4H3. The summed E-state index contributed by atoms with van der Waals surface area (Å²) in [4.78, 5) is 2.13. The zero-order valence-corrected chi connectivity index (χ0v) is 12.2. The number of rotatable bonds is 5. The fourth-order valence-electron chi connectivity index (χ4n) is 2.26. The summed E-state index contributed by atoms with van der Waals surface area (Å²) in [6, 6.07) is 0.727. The minimum atomic E-state index is -4.15. The normalized spacial score (nSPS) is 21.4. The molecule has 0 fully saturated rings. The van der Waals surface area contributed by atoms with Crippen LogP contribution in [0.25, 0.3) is 0 Å². The second kappa shape index (κ2) is 6.75. The van der Waals surface area contributed by atoms with Crippen molar-refractivity contribution in [3.63, 3.8) is 0 Å². The molecule has 0 saturated carbocycles. The van der Waals surface area contributed by atoms with Crippen LogP contribution in [0.3, 0.4) is 0 Å². The van der Waals surface area contributed by atoms with Crippen molar-refractivity contribution < 1.29 is 13.2 Å². The quantitative estimate of drug-likeness (QED) is 0.777. The summed E-state index contributed by atoms with van der Waals surface area (Å²) in [6.45, 7) is 10.2. The molecule has 0 aromatic rings. The molecule has 0 spiro atoms. The third-order valence-electron chi connectivity index (χ3n) is 3.85. The van der Waals surface area contributed by atoms with Crippen LogP contribution in [0.1, 0.15) is 34.1 Å². The maximum absolute atomic E-state index is 12.5. The molecule has 0 amide bonds. The second-order valence-corrected chi connectivity index (χ2v) is 5.75. The lowest BCUT2D eigenvalue weighted by atomic mass is 9.98. The molecule has 2 unspecified atom stereocenters. The van der Waals surface area contributed by atoms with Crippen molar-refractivity contribution in [2.75, 3.05) is 19.6 Å².